The summed E-state index contributed by atoms with van der Waals surface area (Å²) in [6.45, 7) is 0. The molecule has 5 aromatic carbocycles. The second-order valence-corrected chi connectivity index (χ2v) is 13.6. The number of anilines is 1. The van der Waals surface area contributed by atoms with Crippen LogP contribution in [0.15, 0.2) is 102 Å². The van der Waals surface area contributed by atoms with Gasteiger partial charge in [0, 0.05) is 16.2 Å². The number of hydrogen-bond acceptors (Lipinski definition) is 16. The monoisotopic (exact) mass is 726 g/mol. The van der Waals surface area contributed by atoms with Crippen LogP contribution in [0.3, 0.4) is 0 Å². The Morgan fingerprint density at radius 2 is 1.43 bits per heavy atom. The molecule has 0 fully saturated rings. The number of imide groups is 1. The predicted octanol–water partition coefficient (Wildman–Crippen LogP) is 5.92. The standard InChI is InChI=1S/C28H18N6O12S3/c29-20-11-17-12(8-24(20)49(42,43)44)7-23(47-46-45-38)25(26(17)35)34-33-22-6-5-21(15-4-2-14(10-18(15)22)48(39,40)41)32-31-13-1-3-16-19(9-13)28(37)30-27(16)36/h1-11,35,38H,29H2,(H,30,36,37)(H,39,40,41)(H,42,43,44)/b32-31+,34-33+. The molecule has 2 amide bonds. The number of carbonyl (C=O) groups excluding carboxylic acids is 2. The Morgan fingerprint density at radius 1 is 0.735 bits per heavy atom. The summed E-state index contributed by atoms with van der Waals surface area (Å²) in [5.41, 5.74) is 5.83. The number of carbonyl (C=O) groups is 2. The van der Waals surface area contributed by atoms with E-state index in [1.807, 2.05) is 0 Å². The summed E-state index contributed by atoms with van der Waals surface area (Å²) in [5, 5.41) is 42.6. The van der Waals surface area contributed by atoms with E-state index in [1.165, 1.54) is 42.5 Å². The molecule has 0 radical (unpaired) electrons. The van der Waals surface area contributed by atoms with Gasteiger partial charge in [-0.15, -0.1) is 19.7 Å². The molecule has 1 aliphatic heterocycles. The maximum absolute atomic E-state index is 12.0. The first-order chi connectivity index (χ1) is 23.2. The first-order valence-electron chi connectivity index (χ1n) is 13.2. The summed E-state index contributed by atoms with van der Waals surface area (Å²) >= 11 is 0.340. The number of amides is 2. The summed E-state index contributed by atoms with van der Waals surface area (Å²) in [5.74, 6) is -1.71. The number of phenols is 1. The van der Waals surface area contributed by atoms with Gasteiger partial charge in [-0.2, -0.15) is 21.9 Å². The highest BCUT2D eigenvalue weighted by Crippen LogP contribution is 2.46. The largest absolute Gasteiger partial charge is 0.505 e. The van der Waals surface area contributed by atoms with Crippen molar-refractivity contribution in [2.75, 3.05) is 5.73 Å². The summed E-state index contributed by atoms with van der Waals surface area (Å²) in [6.07, 6.45) is 0. The number of nitrogens with zero attached hydrogens (tertiary/aromatic N) is 4. The Bertz CT molecular complexity index is 2540. The lowest BCUT2D eigenvalue weighted by Gasteiger charge is -2.11. The van der Waals surface area contributed by atoms with E-state index in [0.29, 0.717) is 12.0 Å². The molecule has 250 valence electrons. The average Bonchev–Trinajstić information content (AvgIpc) is 3.33. The molecule has 1 heterocycles. The van der Waals surface area contributed by atoms with E-state index in [-0.39, 0.29) is 60.3 Å². The Hall–Kier alpha value is -5.39. The van der Waals surface area contributed by atoms with E-state index in [0.717, 1.165) is 24.3 Å². The SMILES string of the molecule is Nc1cc2c(O)c(/N=N/c3ccc(/N=N/c4ccc5c(c4)C(=O)NC5=O)c4ccc(S(=O)(=O)O)cc34)c(SOOO)cc2cc1S(=O)(=O)O. The van der Waals surface area contributed by atoms with Gasteiger partial charge in [0.05, 0.1) is 55.7 Å². The Labute approximate surface area is 278 Å². The molecule has 0 spiro atoms. The Balaban J connectivity index is 1.47. The molecule has 1 aliphatic rings. The Morgan fingerprint density at radius 3 is 2.12 bits per heavy atom. The van der Waals surface area contributed by atoms with Gasteiger partial charge in [0.15, 0.2) is 5.75 Å². The lowest BCUT2D eigenvalue weighted by atomic mass is 10.1. The number of fused-ring (bicyclic) bond motifs is 3. The zero-order valence-corrected chi connectivity index (χ0v) is 26.4. The molecule has 0 saturated carbocycles. The highest BCUT2D eigenvalue weighted by atomic mass is 32.2. The van der Waals surface area contributed by atoms with E-state index in [1.54, 1.807) is 0 Å². The van der Waals surface area contributed by atoms with E-state index in [9.17, 15) is 40.6 Å². The van der Waals surface area contributed by atoms with Crippen LogP contribution in [-0.4, -0.2) is 48.1 Å². The molecule has 0 aliphatic carbocycles. The first kappa shape index (κ1) is 33.5. The molecule has 0 aromatic heterocycles. The van der Waals surface area contributed by atoms with Crippen LogP contribution in [0.1, 0.15) is 20.7 Å². The molecule has 7 N–H and O–H groups in total. The molecule has 18 nitrogen and oxygen atoms in total. The zero-order valence-electron chi connectivity index (χ0n) is 24.0. The van der Waals surface area contributed by atoms with Gasteiger partial charge in [0.2, 0.25) is 0 Å². The second-order valence-electron chi connectivity index (χ2n) is 10.1. The Kier molecular flexibility index (Phi) is 8.60. The minimum absolute atomic E-state index is 0.00294. The van der Waals surface area contributed by atoms with Crippen molar-refractivity contribution < 1.29 is 55.3 Å². The fourth-order valence-electron chi connectivity index (χ4n) is 4.89. The number of nitrogens with one attached hydrogen (secondary N) is 1. The van der Waals surface area contributed by atoms with Gasteiger partial charge in [-0.3, -0.25) is 24.0 Å². The maximum Gasteiger partial charge on any atom is 0.296 e. The highest BCUT2D eigenvalue weighted by Gasteiger charge is 2.27. The maximum atomic E-state index is 12.0. The van der Waals surface area contributed by atoms with Crippen molar-refractivity contribution in [3.05, 3.63) is 77.9 Å². The van der Waals surface area contributed by atoms with E-state index in [4.69, 9.17) is 11.0 Å². The van der Waals surface area contributed by atoms with Crippen molar-refractivity contribution >= 4 is 94.1 Å². The van der Waals surface area contributed by atoms with Crippen LogP contribution in [0.5, 0.6) is 5.75 Å². The third kappa shape index (κ3) is 6.55. The quantitative estimate of drug-likeness (QED) is 0.0196. The molecule has 0 bridgehead atoms. The third-order valence-corrected chi connectivity index (χ3v) is 9.48. The van der Waals surface area contributed by atoms with Crippen molar-refractivity contribution in [1.29, 1.82) is 0 Å². The normalized spacial score (nSPS) is 13.6. The van der Waals surface area contributed by atoms with E-state index >= 15 is 0 Å². The van der Waals surface area contributed by atoms with Crippen molar-refractivity contribution in [3.8, 4) is 5.75 Å². The number of aromatic hydroxyl groups is 1. The van der Waals surface area contributed by atoms with Crippen molar-refractivity contribution in [2.24, 2.45) is 20.5 Å². The molecule has 0 saturated heterocycles. The third-order valence-electron chi connectivity index (χ3n) is 7.10. The molecule has 0 unspecified atom stereocenters. The number of nitrogens with two attached hydrogens (primary N) is 1. The first-order valence-corrected chi connectivity index (χ1v) is 16.9. The molecular weight excluding hydrogens is 709 g/mol. The number of benzene rings is 5. The topological polar surface area (TPSA) is 289 Å². The van der Waals surface area contributed by atoms with Gasteiger partial charge in [-0.25, -0.2) is 5.26 Å². The minimum atomic E-state index is -4.74. The lowest BCUT2D eigenvalue weighted by Crippen LogP contribution is -2.19. The second kappa shape index (κ2) is 12.6. The van der Waals surface area contributed by atoms with Gasteiger partial charge in [0.25, 0.3) is 32.1 Å². The molecule has 6 rings (SSSR count). The van der Waals surface area contributed by atoms with Crippen LogP contribution in [-0.2, 0) is 29.6 Å². The minimum Gasteiger partial charge on any atom is -0.505 e. The lowest BCUT2D eigenvalue weighted by molar-refractivity contribution is -0.432. The number of rotatable bonds is 9. The molecule has 0 atom stereocenters. The molecule has 49 heavy (non-hydrogen) atoms. The van der Waals surface area contributed by atoms with Crippen molar-refractivity contribution in [3.63, 3.8) is 0 Å². The smallest absolute Gasteiger partial charge is 0.296 e. The van der Waals surface area contributed by atoms with Gasteiger partial charge < -0.3 is 10.8 Å². The van der Waals surface area contributed by atoms with Crippen molar-refractivity contribution in [2.45, 2.75) is 14.7 Å². The van der Waals surface area contributed by atoms with Gasteiger partial charge in [0.1, 0.15) is 10.6 Å². The number of phenolic OH excluding ortho intramolecular Hbond substituents is 1. The van der Waals surface area contributed by atoms with Crippen LogP contribution in [0.25, 0.3) is 21.5 Å². The molecule has 5 aromatic rings. The van der Waals surface area contributed by atoms with Crippen molar-refractivity contribution in [1.82, 2.24) is 5.32 Å². The summed E-state index contributed by atoms with van der Waals surface area (Å²) in [4.78, 5) is 22.7. The van der Waals surface area contributed by atoms with Crippen LogP contribution in [0.4, 0.5) is 28.4 Å². The average molecular weight is 727 g/mol. The number of hydrogen-bond donors (Lipinski definition) is 6. The van der Waals surface area contributed by atoms with E-state index < -0.39 is 53.3 Å². The number of azo groups is 2. The van der Waals surface area contributed by atoms with Gasteiger partial charge >= 0.3 is 0 Å². The fraction of sp³-hybridized carbons (Fsp3) is 0. The highest BCUT2D eigenvalue weighted by molar-refractivity contribution is 7.94. The summed E-state index contributed by atoms with van der Waals surface area (Å²) in [6, 6.07) is 13.9. The van der Waals surface area contributed by atoms with Gasteiger partial charge in [-0.05, 0) is 66.0 Å². The predicted molar refractivity (Wildman–Crippen MR) is 171 cm³/mol. The van der Waals surface area contributed by atoms with Crippen LogP contribution in [0.2, 0.25) is 0 Å². The molecular formula is C28H18N6O12S3. The zero-order chi connectivity index (χ0) is 35.2. The van der Waals surface area contributed by atoms with Gasteiger partial charge in [-0.1, -0.05) is 11.1 Å². The van der Waals surface area contributed by atoms with E-state index in [2.05, 4.69) is 35.1 Å². The molecule has 21 heteroatoms. The summed E-state index contributed by atoms with van der Waals surface area (Å²) < 4.78 is 71.2. The van der Waals surface area contributed by atoms with Crippen LogP contribution < -0.4 is 11.1 Å². The van der Waals surface area contributed by atoms with Crippen LogP contribution >= 0.6 is 12.0 Å². The number of nitrogen functional groups attached to an aromatic ring is 1. The fourth-order valence-corrected chi connectivity index (χ4v) is 6.53. The van der Waals surface area contributed by atoms with Crippen LogP contribution in [0, 0.1) is 0 Å². The summed E-state index contributed by atoms with van der Waals surface area (Å²) in [7, 11) is -9.43.